The van der Waals surface area contributed by atoms with Crippen molar-refractivity contribution in [1.82, 2.24) is 10.3 Å². The predicted molar refractivity (Wildman–Crippen MR) is 113 cm³/mol. The summed E-state index contributed by atoms with van der Waals surface area (Å²) < 4.78 is 16.2. The molecule has 3 aromatic rings. The highest BCUT2D eigenvalue weighted by Gasteiger charge is 2.17. The minimum atomic E-state index is -0.215. The van der Waals surface area contributed by atoms with Crippen molar-refractivity contribution in [3.63, 3.8) is 0 Å². The number of benzene rings is 2. The number of nitrogens with zero attached hydrogens (tertiary/aromatic N) is 1. The molecule has 0 bridgehead atoms. The number of hydrogen-bond donors (Lipinski definition) is 1. The van der Waals surface area contributed by atoms with E-state index in [0.29, 0.717) is 29.4 Å². The summed E-state index contributed by atoms with van der Waals surface area (Å²) in [5.74, 6) is 1.87. The fourth-order valence-corrected chi connectivity index (χ4v) is 3.19. The van der Waals surface area contributed by atoms with Crippen LogP contribution >= 0.6 is 0 Å². The molecule has 0 saturated carbocycles. The van der Waals surface area contributed by atoms with Crippen LogP contribution in [-0.4, -0.2) is 31.7 Å². The summed E-state index contributed by atoms with van der Waals surface area (Å²) >= 11 is 0. The second-order valence-corrected chi connectivity index (χ2v) is 6.72. The topological polar surface area (TPSA) is 69.7 Å². The van der Waals surface area contributed by atoms with E-state index < -0.39 is 0 Å². The van der Waals surface area contributed by atoms with E-state index in [9.17, 15) is 4.79 Å². The number of nitrogens with one attached hydrogen (secondary N) is 1. The number of carbonyl (C=O) groups excluding carboxylic acids is 1. The first-order valence-corrected chi connectivity index (χ1v) is 9.53. The zero-order chi connectivity index (χ0) is 21.0. The van der Waals surface area contributed by atoms with Crippen LogP contribution < -0.4 is 19.5 Å². The van der Waals surface area contributed by atoms with E-state index in [1.54, 1.807) is 14.2 Å². The molecule has 3 rings (SSSR count). The molecule has 6 heteroatoms. The lowest BCUT2D eigenvalue weighted by atomic mass is 10.1. The molecule has 0 radical (unpaired) electrons. The van der Waals surface area contributed by atoms with Crippen LogP contribution in [0.4, 0.5) is 0 Å². The van der Waals surface area contributed by atoms with Crippen molar-refractivity contribution in [2.75, 3.05) is 20.8 Å². The molecule has 1 N–H and O–H groups in total. The number of rotatable bonds is 7. The number of pyridine rings is 1. The molecule has 1 heterocycles. The SMILES string of the molecule is CCOc1ccc(C(C)NC(=O)c2cc3cc(OC)ccc3nc2C)cc1OC. The summed E-state index contributed by atoms with van der Waals surface area (Å²) in [6.07, 6.45) is 0. The molecular formula is C23H26N2O4. The van der Waals surface area contributed by atoms with Gasteiger partial charge in [0.2, 0.25) is 0 Å². The molecule has 29 heavy (non-hydrogen) atoms. The van der Waals surface area contributed by atoms with Gasteiger partial charge in [0.05, 0.1) is 43.6 Å². The van der Waals surface area contributed by atoms with Crippen molar-refractivity contribution in [2.24, 2.45) is 0 Å². The van der Waals surface area contributed by atoms with Crippen LogP contribution in [0.1, 0.15) is 41.5 Å². The van der Waals surface area contributed by atoms with Crippen molar-refractivity contribution in [1.29, 1.82) is 0 Å². The lowest BCUT2D eigenvalue weighted by molar-refractivity contribution is 0.0939. The predicted octanol–water partition coefficient (Wildman–Crippen LogP) is 4.45. The first-order valence-electron chi connectivity index (χ1n) is 9.53. The van der Waals surface area contributed by atoms with Gasteiger partial charge in [-0.2, -0.15) is 0 Å². The number of aryl methyl sites for hydroxylation is 1. The molecule has 0 saturated heterocycles. The molecule has 1 amide bonds. The largest absolute Gasteiger partial charge is 0.497 e. The van der Waals surface area contributed by atoms with E-state index >= 15 is 0 Å². The number of hydrogen-bond acceptors (Lipinski definition) is 5. The molecule has 1 atom stereocenters. The third-order valence-corrected chi connectivity index (χ3v) is 4.79. The summed E-state index contributed by atoms with van der Waals surface area (Å²) in [5.41, 5.74) is 2.96. The van der Waals surface area contributed by atoms with Crippen LogP contribution in [0.2, 0.25) is 0 Å². The monoisotopic (exact) mass is 394 g/mol. The van der Waals surface area contributed by atoms with Crippen molar-refractivity contribution in [3.05, 3.63) is 59.3 Å². The number of aromatic nitrogens is 1. The fraction of sp³-hybridized carbons (Fsp3) is 0.304. The van der Waals surface area contributed by atoms with Crippen molar-refractivity contribution >= 4 is 16.8 Å². The van der Waals surface area contributed by atoms with Crippen LogP contribution in [0, 0.1) is 6.92 Å². The third-order valence-electron chi connectivity index (χ3n) is 4.79. The standard InChI is InChI=1S/C23H26N2O4/c1-6-29-21-10-7-16(13-22(21)28-5)14(2)25-23(26)19-12-17-11-18(27-4)8-9-20(17)24-15(19)3/h7-14H,6H2,1-5H3,(H,25,26). The average Bonchev–Trinajstić information content (AvgIpc) is 2.73. The van der Waals surface area contributed by atoms with Crippen molar-refractivity contribution in [3.8, 4) is 17.2 Å². The Labute approximate surface area is 170 Å². The van der Waals surface area contributed by atoms with Crippen LogP contribution in [-0.2, 0) is 0 Å². The Morgan fingerprint density at radius 3 is 2.55 bits per heavy atom. The fourth-order valence-electron chi connectivity index (χ4n) is 3.19. The van der Waals surface area contributed by atoms with Gasteiger partial charge in [0.15, 0.2) is 11.5 Å². The van der Waals surface area contributed by atoms with Crippen LogP contribution in [0.15, 0.2) is 42.5 Å². The smallest absolute Gasteiger partial charge is 0.253 e. The van der Waals surface area contributed by atoms with Gasteiger partial charge >= 0.3 is 0 Å². The molecule has 6 nitrogen and oxygen atoms in total. The first-order chi connectivity index (χ1) is 14.0. The number of amides is 1. The molecule has 0 aliphatic rings. The summed E-state index contributed by atoms with van der Waals surface area (Å²) in [7, 11) is 3.21. The van der Waals surface area contributed by atoms with Gasteiger partial charge < -0.3 is 19.5 Å². The zero-order valence-electron chi connectivity index (χ0n) is 17.4. The maximum Gasteiger partial charge on any atom is 0.253 e. The van der Waals surface area contributed by atoms with Gasteiger partial charge in [-0.15, -0.1) is 0 Å². The Morgan fingerprint density at radius 1 is 1.07 bits per heavy atom. The minimum Gasteiger partial charge on any atom is -0.497 e. The van der Waals surface area contributed by atoms with Gasteiger partial charge in [0.25, 0.3) is 5.91 Å². The highest BCUT2D eigenvalue weighted by molar-refractivity contribution is 5.99. The van der Waals surface area contributed by atoms with Gasteiger partial charge in [-0.25, -0.2) is 0 Å². The second-order valence-electron chi connectivity index (χ2n) is 6.72. The summed E-state index contributed by atoms with van der Waals surface area (Å²) in [4.78, 5) is 17.5. The summed E-state index contributed by atoms with van der Waals surface area (Å²) in [6, 6.07) is 12.9. The van der Waals surface area contributed by atoms with E-state index in [1.165, 1.54) is 0 Å². The molecular weight excluding hydrogens is 368 g/mol. The Balaban J connectivity index is 1.84. The van der Waals surface area contributed by atoms with E-state index in [4.69, 9.17) is 14.2 Å². The van der Waals surface area contributed by atoms with Crippen LogP contribution in [0.25, 0.3) is 10.9 Å². The van der Waals surface area contributed by atoms with Crippen LogP contribution in [0.3, 0.4) is 0 Å². The minimum absolute atomic E-state index is 0.180. The lowest BCUT2D eigenvalue weighted by Gasteiger charge is -2.18. The number of ether oxygens (including phenoxy) is 3. The van der Waals surface area contributed by atoms with Gasteiger partial charge in [-0.05, 0) is 62.7 Å². The Morgan fingerprint density at radius 2 is 1.86 bits per heavy atom. The van der Waals surface area contributed by atoms with Gasteiger partial charge in [0, 0.05) is 5.39 Å². The highest BCUT2D eigenvalue weighted by atomic mass is 16.5. The third kappa shape index (κ3) is 4.42. The maximum absolute atomic E-state index is 12.9. The van der Waals surface area contributed by atoms with E-state index in [1.807, 2.05) is 63.2 Å². The van der Waals surface area contributed by atoms with Crippen molar-refractivity contribution < 1.29 is 19.0 Å². The van der Waals surface area contributed by atoms with E-state index in [2.05, 4.69) is 10.3 Å². The van der Waals surface area contributed by atoms with Crippen LogP contribution in [0.5, 0.6) is 17.2 Å². The Kier molecular flexibility index (Phi) is 6.22. The highest BCUT2D eigenvalue weighted by Crippen LogP contribution is 2.30. The molecule has 152 valence electrons. The molecule has 1 unspecified atom stereocenters. The maximum atomic E-state index is 12.9. The molecule has 1 aromatic heterocycles. The Hall–Kier alpha value is -3.28. The Bertz CT molecular complexity index is 1030. The average molecular weight is 394 g/mol. The van der Waals surface area contributed by atoms with Gasteiger partial charge in [0.1, 0.15) is 5.75 Å². The quantitative estimate of drug-likeness (QED) is 0.641. The summed E-state index contributed by atoms with van der Waals surface area (Å²) in [5, 5.41) is 3.90. The molecule has 0 fully saturated rings. The molecule has 0 aliphatic heterocycles. The normalized spacial score (nSPS) is 11.8. The molecule has 2 aromatic carbocycles. The number of fused-ring (bicyclic) bond motifs is 1. The van der Waals surface area contributed by atoms with Gasteiger partial charge in [-0.1, -0.05) is 6.07 Å². The van der Waals surface area contributed by atoms with Crippen molar-refractivity contribution in [2.45, 2.75) is 26.8 Å². The van der Waals surface area contributed by atoms with E-state index in [-0.39, 0.29) is 11.9 Å². The summed E-state index contributed by atoms with van der Waals surface area (Å²) in [6.45, 7) is 6.25. The zero-order valence-corrected chi connectivity index (χ0v) is 17.4. The lowest BCUT2D eigenvalue weighted by Crippen LogP contribution is -2.27. The second kappa shape index (κ2) is 8.82. The number of methoxy groups -OCH3 is 2. The molecule has 0 spiro atoms. The van der Waals surface area contributed by atoms with Gasteiger partial charge in [-0.3, -0.25) is 9.78 Å². The molecule has 0 aliphatic carbocycles. The number of carbonyl (C=O) groups is 1. The van der Waals surface area contributed by atoms with E-state index in [0.717, 1.165) is 22.2 Å². The first kappa shape index (κ1) is 20.5.